The zero-order chi connectivity index (χ0) is 16.1. The molecule has 0 aliphatic carbocycles. The topological polar surface area (TPSA) is 101 Å². The first-order chi connectivity index (χ1) is 10.6. The SMILES string of the molecule is CCOc1ccc2[nH]c(C(=O)O)c(CNC(=O)COC)c2c1. The molecule has 7 heteroatoms. The summed E-state index contributed by atoms with van der Waals surface area (Å²) in [6.45, 7) is 2.41. The average molecular weight is 306 g/mol. The highest BCUT2D eigenvalue weighted by atomic mass is 16.5. The summed E-state index contributed by atoms with van der Waals surface area (Å²) in [5.41, 5.74) is 1.24. The summed E-state index contributed by atoms with van der Waals surface area (Å²) in [6.07, 6.45) is 0. The number of rotatable bonds is 7. The number of carboxylic acid groups (broad SMARTS) is 1. The number of aromatic carboxylic acids is 1. The van der Waals surface area contributed by atoms with Gasteiger partial charge < -0.3 is 24.9 Å². The number of aromatic nitrogens is 1. The quantitative estimate of drug-likeness (QED) is 0.720. The number of carbonyl (C=O) groups excluding carboxylic acids is 1. The van der Waals surface area contributed by atoms with E-state index in [9.17, 15) is 14.7 Å². The predicted octanol–water partition coefficient (Wildman–Crippen LogP) is 1.53. The van der Waals surface area contributed by atoms with Crippen molar-refractivity contribution in [2.24, 2.45) is 0 Å². The fourth-order valence-electron chi connectivity index (χ4n) is 2.22. The van der Waals surface area contributed by atoms with Gasteiger partial charge in [0.2, 0.25) is 5.91 Å². The molecule has 0 saturated carbocycles. The van der Waals surface area contributed by atoms with E-state index in [0.29, 0.717) is 28.8 Å². The van der Waals surface area contributed by atoms with E-state index in [-0.39, 0.29) is 24.8 Å². The summed E-state index contributed by atoms with van der Waals surface area (Å²) in [5, 5.41) is 12.7. The molecule has 7 nitrogen and oxygen atoms in total. The zero-order valence-electron chi connectivity index (χ0n) is 12.4. The van der Waals surface area contributed by atoms with Gasteiger partial charge in [0.15, 0.2) is 0 Å². The van der Waals surface area contributed by atoms with Crippen molar-refractivity contribution in [2.75, 3.05) is 20.3 Å². The number of H-pyrrole nitrogens is 1. The van der Waals surface area contributed by atoms with Crippen molar-refractivity contribution in [1.29, 1.82) is 0 Å². The third kappa shape index (κ3) is 3.37. The van der Waals surface area contributed by atoms with Gasteiger partial charge in [0.05, 0.1) is 6.61 Å². The summed E-state index contributed by atoms with van der Waals surface area (Å²) < 4.78 is 10.2. The van der Waals surface area contributed by atoms with E-state index < -0.39 is 5.97 Å². The van der Waals surface area contributed by atoms with Crippen molar-refractivity contribution in [3.63, 3.8) is 0 Å². The van der Waals surface area contributed by atoms with Gasteiger partial charge in [0.1, 0.15) is 18.1 Å². The summed E-state index contributed by atoms with van der Waals surface area (Å²) in [6, 6.07) is 5.29. The number of methoxy groups -OCH3 is 1. The Morgan fingerprint density at radius 2 is 2.14 bits per heavy atom. The van der Waals surface area contributed by atoms with Crippen LogP contribution in [0, 0.1) is 0 Å². The zero-order valence-corrected chi connectivity index (χ0v) is 12.4. The first-order valence-electron chi connectivity index (χ1n) is 6.83. The van der Waals surface area contributed by atoms with E-state index in [1.807, 2.05) is 6.92 Å². The molecule has 0 spiro atoms. The predicted molar refractivity (Wildman–Crippen MR) is 80.1 cm³/mol. The van der Waals surface area contributed by atoms with Gasteiger partial charge >= 0.3 is 5.97 Å². The van der Waals surface area contributed by atoms with Crippen molar-refractivity contribution < 1.29 is 24.2 Å². The number of carboxylic acids is 1. The maximum atomic E-state index is 11.5. The van der Waals surface area contributed by atoms with E-state index in [4.69, 9.17) is 9.47 Å². The monoisotopic (exact) mass is 306 g/mol. The van der Waals surface area contributed by atoms with Gasteiger partial charge in [-0.2, -0.15) is 0 Å². The minimum atomic E-state index is -1.08. The first-order valence-corrected chi connectivity index (χ1v) is 6.83. The van der Waals surface area contributed by atoms with Crippen LogP contribution < -0.4 is 10.1 Å². The minimum Gasteiger partial charge on any atom is -0.494 e. The van der Waals surface area contributed by atoms with Crippen molar-refractivity contribution in [3.8, 4) is 5.75 Å². The van der Waals surface area contributed by atoms with Crippen LogP contribution >= 0.6 is 0 Å². The number of benzene rings is 1. The standard InChI is InChI=1S/C15H18N2O5/c1-3-22-9-4-5-12-10(6-9)11(14(17-12)15(19)20)7-16-13(18)8-21-2/h4-6,17H,3,7-8H2,1-2H3,(H,16,18)(H,19,20). The number of hydrogen-bond donors (Lipinski definition) is 3. The lowest BCUT2D eigenvalue weighted by Gasteiger charge is -2.06. The van der Waals surface area contributed by atoms with Crippen LogP contribution in [0.25, 0.3) is 10.9 Å². The van der Waals surface area contributed by atoms with Crippen LogP contribution in [0.2, 0.25) is 0 Å². The Bertz CT molecular complexity index is 693. The number of fused-ring (bicyclic) bond motifs is 1. The smallest absolute Gasteiger partial charge is 0.352 e. The second kappa shape index (κ2) is 6.95. The van der Waals surface area contributed by atoms with Crippen molar-refractivity contribution in [3.05, 3.63) is 29.5 Å². The molecule has 0 atom stereocenters. The van der Waals surface area contributed by atoms with Crippen LogP contribution in [0.15, 0.2) is 18.2 Å². The fourth-order valence-corrected chi connectivity index (χ4v) is 2.22. The molecular formula is C15H18N2O5. The van der Waals surface area contributed by atoms with Crippen molar-refractivity contribution in [1.82, 2.24) is 10.3 Å². The number of amides is 1. The lowest BCUT2D eigenvalue weighted by atomic mass is 10.1. The van der Waals surface area contributed by atoms with Gasteiger partial charge in [-0.15, -0.1) is 0 Å². The van der Waals surface area contributed by atoms with E-state index in [2.05, 4.69) is 10.3 Å². The Morgan fingerprint density at radius 1 is 1.36 bits per heavy atom. The number of aromatic amines is 1. The molecule has 0 aliphatic rings. The number of carbonyl (C=O) groups is 2. The molecule has 118 valence electrons. The second-order valence-corrected chi connectivity index (χ2v) is 4.63. The molecule has 22 heavy (non-hydrogen) atoms. The molecule has 0 saturated heterocycles. The van der Waals surface area contributed by atoms with Crippen LogP contribution in [0.3, 0.4) is 0 Å². The number of hydrogen-bond acceptors (Lipinski definition) is 4. The molecule has 1 aromatic carbocycles. The summed E-state index contributed by atoms with van der Waals surface area (Å²) in [4.78, 5) is 25.7. The Labute approximate surface area is 127 Å². The largest absolute Gasteiger partial charge is 0.494 e. The van der Waals surface area contributed by atoms with E-state index >= 15 is 0 Å². The van der Waals surface area contributed by atoms with E-state index in [0.717, 1.165) is 0 Å². The van der Waals surface area contributed by atoms with Gasteiger partial charge in [-0.05, 0) is 25.1 Å². The molecular weight excluding hydrogens is 288 g/mol. The molecule has 1 heterocycles. The van der Waals surface area contributed by atoms with Gasteiger partial charge in [-0.3, -0.25) is 4.79 Å². The van der Waals surface area contributed by atoms with Gasteiger partial charge in [0.25, 0.3) is 0 Å². The summed E-state index contributed by atoms with van der Waals surface area (Å²) >= 11 is 0. The normalized spacial score (nSPS) is 10.6. The Morgan fingerprint density at radius 3 is 2.77 bits per heavy atom. The Balaban J connectivity index is 2.38. The Hall–Kier alpha value is -2.54. The average Bonchev–Trinajstić information content (AvgIpc) is 2.84. The highest BCUT2D eigenvalue weighted by Gasteiger charge is 2.18. The molecule has 0 unspecified atom stereocenters. The molecule has 0 bridgehead atoms. The Kier molecular flexibility index (Phi) is 5.00. The molecule has 3 N–H and O–H groups in total. The lowest BCUT2D eigenvalue weighted by Crippen LogP contribution is -2.27. The summed E-state index contributed by atoms with van der Waals surface area (Å²) in [7, 11) is 1.42. The maximum absolute atomic E-state index is 11.5. The third-order valence-electron chi connectivity index (χ3n) is 3.14. The molecule has 0 aliphatic heterocycles. The van der Waals surface area contributed by atoms with E-state index in [1.54, 1.807) is 18.2 Å². The van der Waals surface area contributed by atoms with Crippen LogP contribution in [0.4, 0.5) is 0 Å². The molecule has 0 fully saturated rings. The van der Waals surface area contributed by atoms with Crippen LogP contribution in [0.1, 0.15) is 23.0 Å². The third-order valence-corrected chi connectivity index (χ3v) is 3.14. The fraction of sp³-hybridized carbons (Fsp3) is 0.333. The van der Waals surface area contributed by atoms with Crippen LogP contribution in [0.5, 0.6) is 5.75 Å². The van der Waals surface area contributed by atoms with Crippen molar-refractivity contribution in [2.45, 2.75) is 13.5 Å². The summed E-state index contributed by atoms with van der Waals surface area (Å²) in [5.74, 6) is -0.741. The second-order valence-electron chi connectivity index (χ2n) is 4.63. The highest BCUT2D eigenvalue weighted by Crippen LogP contribution is 2.27. The maximum Gasteiger partial charge on any atom is 0.352 e. The molecule has 2 rings (SSSR count). The van der Waals surface area contributed by atoms with Gasteiger partial charge in [-0.25, -0.2) is 4.79 Å². The number of nitrogens with one attached hydrogen (secondary N) is 2. The first kappa shape index (κ1) is 15.8. The molecule has 0 radical (unpaired) electrons. The molecule has 2 aromatic rings. The van der Waals surface area contributed by atoms with Gasteiger partial charge in [-0.1, -0.05) is 0 Å². The van der Waals surface area contributed by atoms with Crippen molar-refractivity contribution >= 4 is 22.8 Å². The van der Waals surface area contributed by atoms with E-state index in [1.165, 1.54) is 7.11 Å². The lowest BCUT2D eigenvalue weighted by molar-refractivity contribution is -0.124. The number of ether oxygens (including phenoxy) is 2. The van der Waals surface area contributed by atoms with Gasteiger partial charge in [0, 0.05) is 30.1 Å². The molecule has 1 amide bonds. The van der Waals surface area contributed by atoms with Crippen LogP contribution in [-0.4, -0.2) is 42.3 Å². The van der Waals surface area contributed by atoms with Crippen LogP contribution in [-0.2, 0) is 16.1 Å². The molecule has 1 aromatic heterocycles. The highest BCUT2D eigenvalue weighted by molar-refractivity contribution is 5.98. The minimum absolute atomic E-state index is 0.0568.